The molecule has 10 heavy (non-hydrogen) atoms. The van der Waals surface area contributed by atoms with Crippen molar-refractivity contribution >= 4 is 27.7 Å². The summed E-state index contributed by atoms with van der Waals surface area (Å²) >= 11 is 4.09. The summed E-state index contributed by atoms with van der Waals surface area (Å²) in [7, 11) is -5.17. The van der Waals surface area contributed by atoms with Gasteiger partial charge >= 0.3 is 17.1 Å². The maximum Gasteiger partial charge on any atom is 2.00 e. The summed E-state index contributed by atoms with van der Waals surface area (Å²) in [6.07, 6.45) is 0. The topological polar surface area (TPSA) is 132 Å². The fourth-order valence-corrected chi connectivity index (χ4v) is 0. The van der Waals surface area contributed by atoms with E-state index in [0.717, 1.165) is 0 Å². The van der Waals surface area contributed by atoms with Crippen molar-refractivity contribution in [3.63, 3.8) is 0 Å². The predicted molar refractivity (Wildman–Crippen MR) is 31.4 cm³/mol. The van der Waals surface area contributed by atoms with E-state index < -0.39 is 10.4 Å². The van der Waals surface area contributed by atoms with Crippen LogP contribution in [0.4, 0.5) is 0 Å². The summed E-state index contributed by atoms with van der Waals surface area (Å²) in [4.78, 5) is 0. The molecule has 0 fully saturated rings. The second-order valence-electron chi connectivity index (χ2n) is 0.811. The average Bonchev–Trinajstić information content (AvgIpc) is 1.19. The molecule has 0 amide bonds. The summed E-state index contributed by atoms with van der Waals surface area (Å²) in [6.45, 7) is 0. The van der Waals surface area contributed by atoms with E-state index in [0.29, 0.717) is 0 Å². The number of nitrogens with two attached hydrogens (primary N) is 2. The van der Waals surface area contributed by atoms with Crippen molar-refractivity contribution in [1.29, 1.82) is 0 Å². The van der Waals surface area contributed by atoms with E-state index in [1.165, 1.54) is 0 Å². The average molecular weight is 227 g/mol. The van der Waals surface area contributed by atoms with Gasteiger partial charge in [0.15, 0.2) is 5.11 Å². The predicted octanol–water partition coefficient (Wildman–Crippen LogP) is -2.15. The van der Waals surface area contributed by atoms with Gasteiger partial charge in [-0.15, -0.1) is 0 Å². The molecule has 0 atom stereocenters. The van der Waals surface area contributed by atoms with Crippen LogP contribution < -0.4 is 11.5 Å². The fourth-order valence-electron chi connectivity index (χ4n) is 0. The van der Waals surface area contributed by atoms with Crippen molar-refractivity contribution < 1.29 is 34.6 Å². The number of thiocarbonyl (C=S) groups is 1. The molecule has 0 saturated heterocycles. The van der Waals surface area contributed by atoms with Crippen LogP contribution in [0.3, 0.4) is 0 Å². The molecular weight excluding hydrogens is 223 g/mol. The van der Waals surface area contributed by atoms with E-state index in [1.807, 2.05) is 0 Å². The van der Waals surface area contributed by atoms with Gasteiger partial charge in [0.25, 0.3) is 0 Å². The van der Waals surface area contributed by atoms with Crippen LogP contribution in [-0.4, -0.2) is 22.6 Å². The van der Waals surface area contributed by atoms with Gasteiger partial charge in [-0.05, 0) is 12.2 Å². The third-order valence-corrected chi connectivity index (χ3v) is 0. The Hall–Kier alpha value is 0.0795. The molecule has 0 heterocycles. The van der Waals surface area contributed by atoms with E-state index in [4.69, 9.17) is 17.5 Å². The minimum absolute atomic E-state index is 0. The van der Waals surface area contributed by atoms with Crippen molar-refractivity contribution in [2.45, 2.75) is 0 Å². The Morgan fingerprint density at radius 2 is 1.30 bits per heavy atom. The SMILES string of the molecule is NC(N)=S.O=S(=O)([O-])[O-].[Mn+2]. The Balaban J connectivity index is -0.0000000910. The molecule has 61 valence electrons. The molecule has 0 spiro atoms. The Labute approximate surface area is 74.0 Å². The molecule has 4 N–H and O–H groups in total. The minimum Gasteiger partial charge on any atom is -0.759 e. The smallest absolute Gasteiger partial charge is 0.759 e. The molecule has 0 rings (SSSR count). The van der Waals surface area contributed by atoms with Crippen LogP contribution in [0.5, 0.6) is 0 Å². The van der Waals surface area contributed by atoms with Crippen molar-refractivity contribution in [2.24, 2.45) is 11.5 Å². The number of rotatable bonds is 0. The van der Waals surface area contributed by atoms with Gasteiger partial charge in [-0.2, -0.15) is 0 Å². The first kappa shape index (κ1) is 16.6. The summed E-state index contributed by atoms with van der Waals surface area (Å²) < 4.78 is 34.1. The van der Waals surface area contributed by atoms with Gasteiger partial charge < -0.3 is 20.6 Å². The molecule has 0 aliphatic rings. The Morgan fingerprint density at radius 1 is 1.30 bits per heavy atom. The first-order valence-corrected chi connectivity index (χ1v) is 3.19. The van der Waals surface area contributed by atoms with Crippen LogP contribution in [0.15, 0.2) is 0 Å². The summed E-state index contributed by atoms with van der Waals surface area (Å²) in [5, 5.41) is 0.000000000000000222. The Bertz CT molecular complexity index is 164. The van der Waals surface area contributed by atoms with E-state index in [2.05, 4.69) is 23.7 Å². The van der Waals surface area contributed by atoms with Crippen LogP contribution in [0.2, 0.25) is 0 Å². The van der Waals surface area contributed by atoms with Crippen molar-refractivity contribution in [1.82, 2.24) is 0 Å². The van der Waals surface area contributed by atoms with E-state index in [-0.39, 0.29) is 22.2 Å². The number of hydrogen-bond donors (Lipinski definition) is 2. The molecule has 0 aliphatic heterocycles. The third-order valence-electron chi connectivity index (χ3n) is 0. The van der Waals surface area contributed by atoms with Gasteiger partial charge in [0.1, 0.15) is 0 Å². The summed E-state index contributed by atoms with van der Waals surface area (Å²) in [6, 6.07) is 0. The van der Waals surface area contributed by atoms with E-state index >= 15 is 0 Å². The second-order valence-corrected chi connectivity index (χ2v) is 2.10. The molecule has 0 unspecified atom stereocenters. The Kier molecular flexibility index (Phi) is 11.9. The molecule has 0 saturated carbocycles. The van der Waals surface area contributed by atoms with Crippen molar-refractivity contribution in [3.8, 4) is 0 Å². The first-order chi connectivity index (χ1) is 3.73. The van der Waals surface area contributed by atoms with Crippen LogP contribution in [0.25, 0.3) is 0 Å². The molecule has 1 radical (unpaired) electrons. The maximum absolute atomic E-state index is 8.52. The third kappa shape index (κ3) is 64100. The van der Waals surface area contributed by atoms with Crippen LogP contribution >= 0.6 is 12.2 Å². The minimum atomic E-state index is -5.17. The van der Waals surface area contributed by atoms with E-state index in [9.17, 15) is 0 Å². The Morgan fingerprint density at radius 3 is 1.30 bits per heavy atom. The van der Waals surface area contributed by atoms with Crippen LogP contribution in [0, 0.1) is 0 Å². The van der Waals surface area contributed by atoms with Gasteiger partial charge in [-0.25, -0.2) is 0 Å². The first-order valence-electron chi connectivity index (χ1n) is 1.45. The molecule has 0 aromatic heterocycles. The molecule has 0 bridgehead atoms. The molecule has 9 heteroatoms. The quantitative estimate of drug-likeness (QED) is 0.208. The zero-order valence-electron chi connectivity index (χ0n) is 4.48. The molecule has 6 nitrogen and oxygen atoms in total. The standard InChI is InChI=1S/CH4N2S.Mn.H2O4S/c2-1(3)4;;1-5(2,3)4/h(H4,2,3,4);;(H2,1,2,3,4)/q;+2;/p-2. The fraction of sp³-hybridized carbons (Fsp3) is 0. The number of hydrogen-bond acceptors (Lipinski definition) is 5. The molecule has 0 aliphatic carbocycles. The van der Waals surface area contributed by atoms with Crippen molar-refractivity contribution in [3.05, 3.63) is 0 Å². The van der Waals surface area contributed by atoms with Gasteiger partial charge in [0.2, 0.25) is 0 Å². The second kappa shape index (κ2) is 7.19. The summed E-state index contributed by atoms with van der Waals surface area (Å²) in [5.41, 5.74) is 9.24. The van der Waals surface area contributed by atoms with Gasteiger partial charge in [-0.3, -0.25) is 8.42 Å². The largest absolute Gasteiger partial charge is 2.00 e. The normalized spacial score (nSPS) is 8.20. The molecular formula is CH4MnN2O4S2. The van der Waals surface area contributed by atoms with Crippen LogP contribution in [0.1, 0.15) is 0 Å². The maximum atomic E-state index is 8.52. The van der Waals surface area contributed by atoms with E-state index in [1.54, 1.807) is 0 Å². The van der Waals surface area contributed by atoms with Gasteiger partial charge in [-0.1, -0.05) is 0 Å². The zero-order valence-corrected chi connectivity index (χ0v) is 7.30. The monoisotopic (exact) mass is 227 g/mol. The summed E-state index contributed by atoms with van der Waals surface area (Å²) in [5.74, 6) is 0. The van der Waals surface area contributed by atoms with Gasteiger partial charge in [0.05, 0.1) is 0 Å². The molecule has 0 aromatic rings. The van der Waals surface area contributed by atoms with Gasteiger partial charge in [0, 0.05) is 10.4 Å². The van der Waals surface area contributed by atoms with Crippen molar-refractivity contribution in [2.75, 3.05) is 0 Å². The molecule has 0 aromatic carbocycles. The zero-order chi connectivity index (χ0) is 8.08. The van der Waals surface area contributed by atoms with Crippen LogP contribution in [-0.2, 0) is 27.5 Å².